The Labute approximate surface area is 240 Å². The van der Waals surface area contributed by atoms with Gasteiger partial charge in [-0.15, -0.1) is 0 Å². The van der Waals surface area contributed by atoms with Gasteiger partial charge < -0.3 is 10.2 Å². The predicted octanol–water partition coefficient (Wildman–Crippen LogP) is 5.64. The molecule has 0 heterocycles. The molecule has 0 aliphatic rings. The maximum absolute atomic E-state index is 13.9. The van der Waals surface area contributed by atoms with Crippen LogP contribution in [0.15, 0.2) is 77.7 Å². The molecule has 0 aliphatic heterocycles. The number of amides is 2. The Morgan fingerprint density at radius 3 is 2.17 bits per heavy atom. The van der Waals surface area contributed by atoms with Crippen molar-refractivity contribution in [2.75, 3.05) is 17.4 Å². The van der Waals surface area contributed by atoms with E-state index in [0.717, 1.165) is 11.0 Å². The van der Waals surface area contributed by atoms with Gasteiger partial charge in [0.1, 0.15) is 18.4 Å². The van der Waals surface area contributed by atoms with Gasteiger partial charge in [-0.05, 0) is 61.4 Å². The average Bonchev–Trinajstić information content (AvgIpc) is 2.93. The molecule has 0 spiro atoms. The highest BCUT2D eigenvalue weighted by atomic mass is 35.5. The molecule has 220 valence electrons. The minimum atomic E-state index is -4.83. The second-order valence-corrected chi connectivity index (χ2v) is 11.2. The number of alkyl halides is 3. The number of halogens is 5. The van der Waals surface area contributed by atoms with Gasteiger partial charge in [-0.3, -0.25) is 13.9 Å². The number of benzene rings is 3. The number of rotatable bonds is 11. The molecule has 0 fully saturated rings. The van der Waals surface area contributed by atoms with Crippen LogP contribution in [-0.2, 0) is 32.3 Å². The van der Waals surface area contributed by atoms with Crippen molar-refractivity contribution >= 4 is 39.1 Å². The van der Waals surface area contributed by atoms with Crippen molar-refractivity contribution in [3.63, 3.8) is 0 Å². The molecule has 0 saturated heterocycles. The molecule has 13 heteroatoms. The van der Waals surface area contributed by atoms with Gasteiger partial charge >= 0.3 is 6.18 Å². The van der Waals surface area contributed by atoms with Gasteiger partial charge in [0, 0.05) is 13.1 Å². The van der Waals surface area contributed by atoms with Crippen molar-refractivity contribution in [1.29, 1.82) is 0 Å². The smallest absolute Gasteiger partial charge is 0.355 e. The summed E-state index contributed by atoms with van der Waals surface area (Å²) in [5.74, 6) is -1.93. The fraction of sp³-hybridized carbons (Fsp3) is 0.286. The van der Waals surface area contributed by atoms with Crippen LogP contribution < -0.4 is 9.62 Å². The molecule has 0 aromatic heterocycles. The second-order valence-electron chi connectivity index (χ2n) is 8.96. The van der Waals surface area contributed by atoms with E-state index in [1.807, 2.05) is 0 Å². The Hall–Kier alpha value is -3.64. The number of carbonyl (C=O) groups is 2. The first-order chi connectivity index (χ1) is 19.3. The zero-order valence-corrected chi connectivity index (χ0v) is 23.7. The SMILES string of the molecule is CCNC(=O)[C@@H](CC)N(Cc1ccc(F)cc1)C(=O)CN(c1cc(C(F)(F)F)ccc1Cl)S(=O)(=O)c1ccccc1. The van der Waals surface area contributed by atoms with Crippen LogP contribution in [0.4, 0.5) is 23.2 Å². The predicted molar refractivity (Wildman–Crippen MR) is 147 cm³/mol. The van der Waals surface area contributed by atoms with E-state index in [9.17, 15) is 35.6 Å². The zero-order valence-electron chi connectivity index (χ0n) is 22.2. The van der Waals surface area contributed by atoms with E-state index >= 15 is 0 Å². The minimum Gasteiger partial charge on any atom is -0.355 e. The van der Waals surface area contributed by atoms with E-state index in [0.29, 0.717) is 22.0 Å². The third-order valence-electron chi connectivity index (χ3n) is 6.16. The van der Waals surface area contributed by atoms with E-state index in [1.165, 1.54) is 48.5 Å². The summed E-state index contributed by atoms with van der Waals surface area (Å²) in [7, 11) is -4.62. The molecular formula is C28H28ClF4N3O4S. The second kappa shape index (κ2) is 13.3. The number of anilines is 1. The summed E-state index contributed by atoms with van der Waals surface area (Å²) in [5.41, 5.74) is -1.29. The molecule has 1 N–H and O–H groups in total. The summed E-state index contributed by atoms with van der Waals surface area (Å²) in [6.45, 7) is 2.40. The quantitative estimate of drug-likeness (QED) is 0.284. The van der Waals surface area contributed by atoms with Crippen LogP contribution in [0, 0.1) is 5.82 Å². The highest BCUT2D eigenvalue weighted by molar-refractivity contribution is 7.92. The largest absolute Gasteiger partial charge is 0.416 e. The number of nitrogens with zero attached hydrogens (tertiary/aromatic N) is 2. The Morgan fingerprint density at radius 1 is 0.976 bits per heavy atom. The number of hydrogen-bond acceptors (Lipinski definition) is 4. The standard InChI is InChI=1S/C28H28ClF4N3O4S/c1-3-24(27(38)34-4-2)35(17-19-10-13-21(30)14-11-19)26(37)18-36(41(39,40)22-8-6-5-7-9-22)25-16-20(28(31,32)33)12-15-23(25)29/h5-16,24H,3-4,17-18H2,1-2H3,(H,34,38)/t24-/m1/s1. The summed E-state index contributed by atoms with van der Waals surface area (Å²) < 4.78 is 82.4. The fourth-order valence-electron chi connectivity index (χ4n) is 4.11. The molecule has 1 atom stereocenters. The molecule has 7 nitrogen and oxygen atoms in total. The summed E-state index contributed by atoms with van der Waals surface area (Å²) in [6.07, 6.45) is -4.69. The lowest BCUT2D eigenvalue weighted by Crippen LogP contribution is -2.52. The average molecular weight is 614 g/mol. The normalized spacial score (nSPS) is 12.5. The lowest BCUT2D eigenvalue weighted by atomic mass is 10.1. The molecule has 3 rings (SSSR count). The summed E-state index contributed by atoms with van der Waals surface area (Å²) >= 11 is 6.23. The van der Waals surface area contributed by atoms with Crippen molar-refractivity contribution < 1.29 is 35.6 Å². The zero-order chi connectivity index (χ0) is 30.4. The molecule has 0 radical (unpaired) electrons. The van der Waals surface area contributed by atoms with Gasteiger partial charge in [0.25, 0.3) is 10.0 Å². The van der Waals surface area contributed by atoms with Gasteiger partial charge in [-0.1, -0.05) is 48.9 Å². The van der Waals surface area contributed by atoms with Crippen molar-refractivity contribution in [2.24, 2.45) is 0 Å². The molecule has 3 aromatic rings. The van der Waals surface area contributed by atoms with Gasteiger partial charge in [0.2, 0.25) is 11.8 Å². The molecule has 3 aromatic carbocycles. The minimum absolute atomic E-state index is 0.133. The number of sulfonamides is 1. The molecule has 41 heavy (non-hydrogen) atoms. The van der Waals surface area contributed by atoms with Crippen LogP contribution in [0.3, 0.4) is 0 Å². The summed E-state index contributed by atoms with van der Waals surface area (Å²) in [6, 6.07) is 13.1. The van der Waals surface area contributed by atoms with Crippen LogP contribution in [0.25, 0.3) is 0 Å². The van der Waals surface area contributed by atoms with Crippen LogP contribution in [0.1, 0.15) is 31.4 Å². The first-order valence-corrected chi connectivity index (χ1v) is 14.4. The number of carbonyl (C=O) groups excluding carboxylic acids is 2. The number of hydrogen-bond donors (Lipinski definition) is 1. The number of nitrogens with one attached hydrogen (secondary N) is 1. The van der Waals surface area contributed by atoms with Crippen LogP contribution in [-0.4, -0.2) is 44.3 Å². The van der Waals surface area contributed by atoms with E-state index in [2.05, 4.69) is 5.32 Å². The van der Waals surface area contributed by atoms with Crippen LogP contribution in [0.2, 0.25) is 5.02 Å². The van der Waals surface area contributed by atoms with Gasteiger partial charge in [0.05, 0.1) is 21.2 Å². The number of likely N-dealkylation sites (N-methyl/N-ethyl adjacent to an activating group) is 1. The van der Waals surface area contributed by atoms with E-state index < -0.39 is 57.7 Å². The van der Waals surface area contributed by atoms with Crippen LogP contribution in [0.5, 0.6) is 0 Å². The Kier molecular flexibility index (Phi) is 10.4. The Morgan fingerprint density at radius 2 is 1.61 bits per heavy atom. The maximum Gasteiger partial charge on any atom is 0.416 e. The van der Waals surface area contributed by atoms with Crippen molar-refractivity contribution in [2.45, 2.75) is 43.9 Å². The maximum atomic E-state index is 13.9. The van der Waals surface area contributed by atoms with Crippen molar-refractivity contribution in [3.8, 4) is 0 Å². The third kappa shape index (κ3) is 7.76. The van der Waals surface area contributed by atoms with E-state index in [-0.39, 0.29) is 29.4 Å². The monoisotopic (exact) mass is 613 g/mol. The van der Waals surface area contributed by atoms with Gasteiger partial charge in [0.15, 0.2) is 0 Å². The van der Waals surface area contributed by atoms with Crippen molar-refractivity contribution in [3.05, 3.63) is 94.8 Å². The lowest BCUT2D eigenvalue weighted by molar-refractivity contribution is -0.140. The van der Waals surface area contributed by atoms with Gasteiger partial charge in [-0.2, -0.15) is 13.2 Å². The molecule has 0 bridgehead atoms. The van der Waals surface area contributed by atoms with E-state index in [1.54, 1.807) is 19.9 Å². The molecule has 0 aliphatic carbocycles. The van der Waals surface area contributed by atoms with Gasteiger partial charge in [-0.25, -0.2) is 12.8 Å². The van der Waals surface area contributed by atoms with Crippen LogP contribution >= 0.6 is 11.6 Å². The Balaban J connectivity index is 2.15. The highest BCUT2D eigenvalue weighted by Gasteiger charge is 2.36. The first-order valence-electron chi connectivity index (χ1n) is 12.6. The fourth-order valence-corrected chi connectivity index (χ4v) is 5.83. The molecular weight excluding hydrogens is 586 g/mol. The van der Waals surface area contributed by atoms with E-state index in [4.69, 9.17) is 11.6 Å². The summed E-state index contributed by atoms with van der Waals surface area (Å²) in [4.78, 5) is 27.6. The first kappa shape index (κ1) is 31.9. The Bertz CT molecular complexity index is 1470. The van der Waals surface area contributed by atoms with Crippen molar-refractivity contribution in [1.82, 2.24) is 10.2 Å². The third-order valence-corrected chi connectivity index (χ3v) is 8.25. The molecule has 2 amide bonds. The molecule has 0 saturated carbocycles. The molecule has 0 unspecified atom stereocenters. The highest BCUT2D eigenvalue weighted by Crippen LogP contribution is 2.37. The topological polar surface area (TPSA) is 86.8 Å². The summed E-state index contributed by atoms with van der Waals surface area (Å²) in [5, 5.41) is 2.29. The lowest BCUT2D eigenvalue weighted by Gasteiger charge is -2.33.